The number of hydrogen-bond donors (Lipinski definition) is 0. The largest absolute Gasteiger partial charge is 0.455 e. The molecule has 0 unspecified atom stereocenters. The Labute approximate surface area is 127 Å². The van der Waals surface area contributed by atoms with Crippen LogP contribution in [-0.2, 0) is 6.42 Å². The number of hydrogen-bond acceptors (Lipinski definition) is 1. The van der Waals surface area contributed by atoms with Crippen LogP contribution >= 0.6 is 0 Å². The zero-order valence-electron chi connectivity index (χ0n) is 13.5. The second-order valence-corrected chi connectivity index (χ2v) is 6.17. The Bertz CT molecular complexity index is 793. The zero-order valence-corrected chi connectivity index (χ0v) is 13.5. The van der Waals surface area contributed by atoms with E-state index in [-0.39, 0.29) is 0 Å². The van der Waals surface area contributed by atoms with Crippen LogP contribution in [0.2, 0.25) is 0 Å². The molecule has 21 heavy (non-hydrogen) atoms. The van der Waals surface area contributed by atoms with Gasteiger partial charge in [-0.3, -0.25) is 0 Å². The second kappa shape index (κ2) is 5.55. The van der Waals surface area contributed by atoms with E-state index in [1.54, 1.807) is 0 Å². The Balaban J connectivity index is 2.15. The third-order valence-electron chi connectivity index (χ3n) is 4.74. The van der Waals surface area contributed by atoms with Crippen LogP contribution in [-0.4, -0.2) is 0 Å². The molecule has 110 valence electrons. The number of rotatable bonds is 4. The van der Waals surface area contributed by atoms with Crippen LogP contribution in [0.1, 0.15) is 48.4 Å². The fourth-order valence-corrected chi connectivity index (χ4v) is 3.15. The Kier molecular flexibility index (Phi) is 3.75. The van der Waals surface area contributed by atoms with Gasteiger partial charge in [-0.15, -0.1) is 0 Å². The molecule has 3 rings (SSSR count). The lowest BCUT2D eigenvalue weighted by Crippen LogP contribution is -1.90. The lowest BCUT2D eigenvalue weighted by Gasteiger charge is -2.05. The van der Waals surface area contributed by atoms with Gasteiger partial charge in [0, 0.05) is 10.8 Å². The highest BCUT2D eigenvalue weighted by atomic mass is 16.3. The van der Waals surface area contributed by atoms with E-state index in [0.29, 0.717) is 0 Å². The highest BCUT2D eigenvalue weighted by Gasteiger charge is 2.13. The molecule has 1 heterocycles. The average molecular weight is 280 g/mol. The number of unbranched alkanes of at least 4 members (excludes halogenated alkanes) is 2. The SMILES string of the molecule is CCCCCc1ccc2c(oc3c(C)c(C)ccc32)c1C. The van der Waals surface area contributed by atoms with Crippen molar-refractivity contribution in [2.75, 3.05) is 0 Å². The van der Waals surface area contributed by atoms with Crippen molar-refractivity contribution in [3.63, 3.8) is 0 Å². The molecule has 1 heteroatoms. The van der Waals surface area contributed by atoms with E-state index in [9.17, 15) is 0 Å². The van der Waals surface area contributed by atoms with E-state index in [1.807, 2.05) is 0 Å². The van der Waals surface area contributed by atoms with Crippen molar-refractivity contribution >= 4 is 21.9 Å². The van der Waals surface area contributed by atoms with Crippen molar-refractivity contribution in [1.82, 2.24) is 0 Å². The van der Waals surface area contributed by atoms with Crippen LogP contribution in [0.5, 0.6) is 0 Å². The maximum Gasteiger partial charge on any atom is 0.138 e. The first-order chi connectivity index (χ1) is 10.1. The highest BCUT2D eigenvalue weighted by molar-refractivity contribution is 6.07. The molecule has 0 fully saturated rings. The van der Waals surface area contributed by atoms with Crippen LogP contribution in [0.25, 0.3) is 21.9 Å². The lowest BCUT2D eigenvalue weighted by molar-refractivity contribution is 0.659. The monoisotopic (exact) mass is 280 g/mol. The molecular formula is C20H24O. The fraction of sp³-hybridized carbons (Fsp3) is 0.400. The van der Waals surface area contributed by atoms with Gasteiger partial charge in [0.1, 0.15) is 11.2 Å². The molecule has 0 N–H and O–H groups in total. The summed E-state index contributed by atoms with van der Waals surface area (Å²) in [4.78, 5) is 0. The minimum atomic E-state index is 1.05. The molecule has 1 nitrogen and oxygen atoms in total. The Morgan fingerprint density at radius 1 is 0.810 bits per heavy atom. The van der Waals surface area contributed by atoms with Crippen molar-refractivity contribution in [3.8, 4) is 0 Å². The van der Waals surface area contributed by atoms with E-state index in [4.69, 9.17) is 4.42 Å². The van der Waals surface area contributed by atoms with Crippen LogP contribution in [0, 0.1) is 20.8 Å². The van der Waals surface area contributed by atoms with Crippen molar-refractivity contribution in [3.05, 3.63) is 46.5 Å². The predicted octanol–water partition coefficient (Wildman–Crippen LogP) is 6.24. The summed E-state index contributed by atoms with van der Waals surface area (Å²) in [5, 5.41) is 2.50. The van der Waals surface area contributed by atoms with Gasteiger partial charge in [0.25, 0.3) is 0 Å². The first-order valence-corrected chi connectivity index (χ1v) is 8.04. The summed E-state index contributed by atoms with van der Waals surface area (Å²) < 4.78 is 6.24. The van der Waals surface area contributed by atoms with E-state index in [2.05, 4.69) is 52.0 Å². The van der Waals surface area contributed by atoms with Crippen LogP contribution < -0.4 is 0 Å². The summed E-state index contributed by atoms with van der Waals surface area (Å²) in [5.74, 6) is 0. The normalized spacial score (nSPS) is 11.6. The highest BCUT2D eigenvalue weighted by Crippen LogP contribution is 2.35. The molecular weight excluding hydrogens is 256 g/mol. The van der Waals surface area contributed by atoms with E-state index >= 15 is 0 Å². The Morgan fingerprint density at radius 3 is 2.19 bits per heavy atom. The smallest absolute Gasteiger partial charge is 0.138 e. The van der Waals surface area contributed by atoms with E-state index in [1.165, 1.54) is 52.3 Å². The van der Waals surface area contributed by atoms with Gasteiger partial charge in [0.2, 0.25) is 0 Å². The summed E-state index contributed by atoms with van der Waals surface area (Å²) in [7, 11) is 0. The molecule has 0 aliphatic rings. The summed E-state index contributed by atoms with van der Waals surface area (Å²) >= 11 is 0. The van der Waals surface area contributed by atoms with Crippen LogP contribution in [0.4, 0.5) is 0 Å². The molecule has 0 atom stereocenters. The van der Waals surface area contributed by atoms with Gasteiger partial charge in [-0.05, 0) is 55.9 Å². The minimum absolute atomic E-state index is 1.05. The molecule has 0 aliphatic heterocycles. The Morgan fingerprint density at radius 2 is 1.48 bits per heavy atom. The van der Waals surface area contributed by atoms with Crippen molar-refractivity contribution in [2.24, 2.45) is 0 Å². The third kappa shape index (κ3) is 2.35. The quantitative estimate of drug-likeness (QED) is 0.515. The fourth-order valence-electron chi connectivity index (χ4n) is 3.15. The molecule has 1 aromatic heterocycles. The van der Waals surface area contributed by atoms with Crippen molar-refractivity contribution < 1.29 is 4.42 Å². The molecule has 0 spiro atoms. The number of benzene rings is 2. The summed E-state index contributed by atoms with van der Waals surface area (Å²) in [5.41, 5.74) is 7.44. The maximum absolute atomic E-state index is 6.24. The van der Waals surface area contributed by atoms with E-state index < -0.39 is 0 Å². The first kappa shape index (κ1) is 14.2. The standard InChI is InChI=1S/C20H24O/c1-5-6-7-8-16-10-12-18-17-11-9-13(2)14(3)19(17)21-20(18)15(16)4/h9-12H,5-8H2,1-4H3. The van der Waals surface area contributed by atoms with Gasteiger partial charge in [-0.2, -0.15) is 0 Å². The maximum atomic E-state index is 6.24. The summed E-state index contributed by atoms with van der Waals surface area (Å²) in [6.07, 6.45) is 4.99. The third-order valence-corrected chi connectivity index (χ3v) is 4.74. The summed E-state index contributed by atoms with van der Waals surface area (Å²) in [6.45, 7) is 8.75. The van der Waals surface area contributed by atoms with Crippen molar-refractivity contribution in [1.29, 1.82) is 0 Å². The summed E-state index contributed by atoms with van der Waals surface area (Å²) in [6, 6.07) is 8.92. The lowest BCUT2D eigenvalue weighted by atomic mass is 9.99. The second-order valence-electron chi connectivity index (χ2n) is 6.17. The van der Waals surface area contributed by atoms with Gasteiger partial charge in [0.15, 0.2) is 0 Å². The van der Waals surface area contributed by atoms with E-state index in [0.717, 1.165) is 17.6 Å². The molecule has 0 bridgehead atoms. The molecule has 0 saturated heterocycles. The van der Waals surface area contributed by atoms with Crippen molar-refractivity contribution in [2.45, 2.75) is 53.4 Å². The minimum Gasteiger partial charge on any atom is -0.455 e. The zero-order chi connectivity index (χ0) is 15.0. The van der Waals surface area contributed by atoms with Gasteiger partial charge in [0.05, 0.1) is 0 Å². The molecule has 2 aromatic carbocycles. The van der Waals surface area contributed by atoms with Crippen LogP contribution in [0.3, 0.4) is 0 Å². The number of aryl methyl sites for hydroxylation is 4. The van der Waals surface area contributed by atoms with Gasteiger partial charge >= 0.3 is 0 Å². The topological polar surface area (TPSA) is 13.1 Å². The molecule has 0 saturated carbocycles. The number of furan rings is 1. The van der Waals surface area contributed by atoms with Crippen LogP contribution in [0.15, 0.2) is 28.7 Å². The number of fused-ring (bicyclic) bond motifs is 3. The molecule has 0 aliphatic carbocycles. The van der Waals surface area contributed by atoms with Gasteiger partial charge in [-0.25, -0.2) is 0 Å². The van der Waals surface area contributed by atoms with Gasteiger partial charge in [-0.1, -0.05) is 44.0 Å². The van der Waals surface area contributed by atoms with Gasteiger partial charge < -0.3 is 4.42 Å². The molecule has 3 aromatic rings. The molecule has 0 radical (unpaired) electrons. The molecule has 0 amide bonds. The predicted molar refractivity (Wildman–Crippen MR) is 91.2 cm³/mol. The average Bonchev–Trinajstić information content (AvgIpc) is 2.86. The first-order valence-electron chi connectivity index (χ1n) is 8.04. The Hall–Kier alpha value is -1.76.